The minimum atomic E-state index is 0.00507. The van der Waals surface area contributed by atoms with Gasteiger partial charge in [-0.15, -0.1) is 11.8 Å². The summed E-state index contributed by atoms with van der Waals surface area (Å²) in [5.74, 6) is 0.00507. The standard InChI is InChI=1S/C14H15BrN2OS/c1-3-8-17-13(12(15)9-16-17)14(18)10-4-6-11(19-2)7-5-10/h4-7,9H,3,8H2,1-2H3. The van der Waals surface area contributed by atoms with Crippen LogP contribution in [0, 0.1) is 0 Å². The van der Waals surface area contributed by atoms with Crippen LogP contribution in [0.4, 0.5) is 0 Å². The number of nitrogens with zero attached hydrogens (tertiary/aromatic N) is 2. The first kappa shape index (κ1) is 14.3. The van der Waals surface area contributed by atoms with E-state index in [-0.39, 0.29) is 5.78 Å². The van der Waals surface area contributed by atoms with Crippen LogP contribution in [0.2, 0.25) is 0 Å². The van der Waals surface area contributed by atoms with Gasteiger partial charge >= 0.3 is 0 Å². The second kappa shape index (κ2) is 6.39. The van der Waals surface area contributed by atoms with Crippen LogP contribution in [-0.4, -0.2) is 21.8 Å². The maximum Gasteiger partial charge on any atom is 0.212 e. The van der Waals surface area contributed by atoms with Gasteiger partial charge in [0.05, 0.1) is 10.7 Å². The van der Waals surface area contributed by atoms with E-state index in [0.29, 0.717) is 11.3 Å². The van der Waals surface area contributed by atoms with Crippen molar-refractivity contribution in [2.24, 2.45) is 0 Å². The van der Waals surface area contributed by atoms with Crippen molar-refractivity contribution in [3.05, 3.63) is 46.2 Å². The van der Waals surface area contributed by atoms with Crippen LogP contribution in [-0.2, 0) is 6.54 Å². The molecule has 100 valence electrons. The Kier molecular flexibility index (Phi) is 4.82. The van der Waals surface area contributed by atoms with E-state index in [2.05, 4.69) is 28.0 Å². The Hall–Kier alpha value is -1.07. The van der Waals surface area contributed by atoms with Gasteiger partial charge in [0.15, 0.2) is 0 Å². The SMILES string of the molecule is CCCn1ncc(Br)c1C(=O)c1ccc(SC)cc1. The topological polar surface area (TPSA) is 34.9 Å². The maximum absolute atomic E-state index is 12.5. The Balaban J connectivity index is 2.34. The molecule has 19 heavy (non-hydrogen) atoms. The quantitative estimate of drug-likeness (QED) is 0.610. The van der Waals surface area contributed by atoms with E-state index < -0.39 is 0 Å². The van der Waals surface area contributed by atoms with Gasteiger partial charge in [0, 0.05) is 17.0 Å². The molecule has 0 unspecified atom stereocenters. The van der Waals surface area contributed by atoms with Gasteiger partial charge < -0.3 is 0 Å². The Morgan fingerprint density at radius 2 is 2.05 bits per heavy atom. The largest absolute Gasteiger partial charge is 0.287 e. The van der Waals surface area contributed by atoms with Crippen molar-refractivity contribution in [2.75, 3.05) is 6.26 Å². The monoisotopic (exact) mass is 338 g/mol. The lowest BCUT2D eigenvalue weighted by Gasteiger charge is -2.06. The molecule has 0 aliphatic heterocycles. The van der Waals surface area contributed by atoms with E-state index >= 15 is 0 Å². The number of halogens is 1. The number of hydrogen-bond donors (Lipinski definition) is 0. The summed E-state index contributed by atoms with van der Waals surface area (Å²) in [5, 5.41) is 4.23. The average molecular weight is 339 g/mol. The van der Waals surface area contributed by atoms with Crippen molar-refractivity contribution in [1.82, 2.24) is 9.78 Å². The molecule has 0 spiro atoms. The van der Waals surface area contributed by atoms with Gasteiger partial charge in [-0.25, -0.2) is 0 Å². The highest BCUT2D eigenvalue weighted by Gasteiger charge is 2.18. The first-order valence-corrected chi connectivity index (χ1v) is 8.09. The average Bonchev–Trinajstić information content (AvgIpc) is 2.80. The molecule has 2 aromatic rings. The van der Waals surface area contributed by atoms with Crippen LogP contribution in [0.3, 0.4) is 0 Å². The third-order valence-corrected chi connectivity index (χ3v) is 4.12. The lowest BCUT2D eigenvalue weighted by atomic mass is 10.1. The normalized spacial score (nSPS) is 10.7. The Bertz CT molecular complexity index is 578. The van der Waals surface area contributed by atoms with E-state index in [1.54, 1.807) is 22.6 Å². The van der Waals surface area contributed by atoms with Crippen LogP contribution >= 0.6 is 27.7 Å². The summed E-state index contributed by atoms with van der Waals surface area (Å²) in [4.78, 5) is 13.7. The Morgan fingerprint density at radius 1 is 1.37 bits per heavy atom. The number of ketones is 1. The molecule has 1 heterocycles. The minimum Gasteiger partial charge on any atom is -0.287 e. The Morgan fingerprint density at radius 3 is 2.63 bits per heavy atom. The molecule has 0 atom stereocenters. The van der Waals surface area contributed by atoms with Crippen LogP contribution in [0.5, 0.6) is 0 Å². The third-order valence-electron chi connectivity index (χ3n) is 2.80. The highest BCUT2D eigenvalue weighted by Crippen LogP contribution is 2.22. The summed E-state index contributed by atoms with van der Waals surface area (Å²) in [5.41, 5.74) is 1.31. The zero-order valence-corrected chi connectivity index (χ0v) is 13.3. The number of carbonyl (C=O) groups excluding carboxylic acids is 1. The number of hydrogen-bond acceptors (Lipinski definition) is 3. The molecule has 0 amide bonds. The molecule has 1 aromatic heterocycles. The predicted octanol–water partition coefficient (Wildman–Crippen LogP) is 4.01. The van der Waals surface area contributed by atoms with E-state index in [9.17, 15) is 4.79 Å². The molecule has 0 bridgehead atoms. The second-order valence-electron chi connectivity index (χ2n) is 4.12. The maximum atomic E-state index is 12.5. The number of aryl methyl sites for hydroxylation is 1. The molecule has 0 aliphatic rings. The van der Waals surface area contributed by atoms with E-state index in [1.807, 2.05) is 30.5 Å². The van der Waals surface area contributed by atoms with Gasteiger partial charge in [0.2, 0.25) is 5.78 Å². The summed E-state index contributed by atoms with van der Waals surface area (Å²) in [7, 11) is 0. The molecule has 0 saturated carbocycles. The fourth-order valence-electron chi connectivity index (χ4n) is 1.85. The number of thioether (sulfide) groups is 1. The van der Waals surface area contributed by atoms with E-state index in [1.165, 1.54) is 0 Å². The number of rotatable bonds is 5. The molecular formula is C14H15BrN2OS. The zero-order valence-electron chi connectivity index (χ0n) is 10.9. The lowest BCUT2D eigenvalue weighted by molar-refractivity contribution is 0.102. The van der Waals surface area contributed by atoms with E-state index in [0.717, 1.165) is 22.3 Å². The summed E-state index contributed by atoms with van der Waals surface area (Å²) in [6.07, 6.45) is 4.64. The first-order valence-electron chi connectivity index (χ1n) is 6.07. The fraction of sp³-hybridized carbons (Fsp3) is 0.286. The van der Waals surface area contributed by atoms with Crippen molar-refractivity contribution < 1.29 is 4.79 Å². The minimum absolute atomic E-state index is 0.00507. The van der Waals surface area contributed by atoms with Crippen molar-refractivity contribution in [2.45, 2.75) is 24.8 Å². The summed E-state index contributed by atoms with van der Waals surface area (Å²) >= 11 is 5.07. The van der Waals surface area contributed by atoms with Gasteiger partial charge in [-0.3, -0.25) is 9.48 Å². The number of carbonyl (C=O) groups is 1. The fourth-order valence-corrected chi connectivity index (χ4v) is 2.73. The van der Waals surface area contributed by atoms with Crippen molar-refractivity contribution >= 4 is 33.5 Å². The molecule has 2 rings (SSSR count). The van der Waals surface area contributed by atoms with Gasteiger partial charge in [0.1, 0.15) is 5.69 Å². The van der Waals surface area contributed by atoms with Crippen molar-refractivity contribution in [1.29, 1.82) is 0 Å². The number of benzene rings is 1. The molecular weight excluding hydrogens is 324 g/mol. The molecule has 0 fully saturated rings. The smallest absolute Gasteiger partial charge is 0.212 e. The molecule has 5 heteroatoms. The van der Waals surface area contributed by atoms with Crippen LogP contribution in [0.25, 0.3) is 0 Å². The number of aromatic nitrogens is 2. The Labute approximate surface area is 125 Å². The predicted molar refractivity (Wildman–Crippen MR) is 81.9 cm³/mol. The van der Waals surface area contributed by atoms with Gasteiger partial charge in [-0.2, -0.15) is 5.10 Å². The van der Waals surface area contributed by atoms with E-state index in [4.69, 9.17) is 0 Å². The molecule has 0 N–H and O–H groups in total. The molecule has 1 aromatic carbocycles. The highest BCUT2D eigenvalue weighted by atomic mass is 79.9. The van der Waals surface area contributed by atoms with Gasteiger partial charge in [-0.05, 0) is 52.9 Å². The summed E-state index contributed by atoms with van der Waals surface area (Å²) < 4.78 is 2.51. The first-order chi connectivity index (χ1) is 9.17. The summed E-state index contributed by atoms with van der Waals surface area (Å²) in [6.45, 7) is 2.81. The van der Waals surface area contributed by atoms with Crippen LogP contribution < -0.4 is 0 Å². The lowest BCUT2D eigenvalue weighted by Crippen LogP contribution is -2.12. The molecule has 0 saturated heterocycles. The van der Waals surface area contributed by atoms with Crippen LogP contribution in [0.15, 0.2) is 39.8 Å². The molecule has 3 nitrogen and oxygen atoms in total. The molecule has 0 radical (unpaired) electrons. The van der Waals surface area contributed by atoms with Crippen molar-refractivity contribution in [3.63, 3.8) is 0 Å². The molecule has 0 aliphatic carbocycles. The zero-order chi connectivity index (χ0) is 13.8. The third kappa shape index (κ3) is 3.09. The second-order valence-corrected chi connectivity index (χ2v) is 5.86. The van der Waals surface area contributed by atoms with Crippen molar-refractivity contribution in [3.8, 4) is 0 Å². The van der Waals surface area contributed by atoms with Gasteiger partial charge in [-0.1, -0.05) is 6.92 Å². The van der Waals surface area contributed by atoms with Gasteiger partial charge in [0.25, 0.3) is 0 Å². The summed E-state index contributed by atoms with van der Waals surface area (Å²) in [6, 6.07) is 7.66. The highest BCUT2D eigenvalue weighted by molar-refractivity contribution is 9.10. The van der Waals surface area contributed by atoms with Crippen LogP contribution in [0.1, 0.15) is 29.4 Å².